The van der Waals surface area contributed by atoms with Gasteiger partial charge in [0.05, 0.1) is 6.04 Å². The highest BCUT2D eigenvalue weighted by Gasteiger charge is 2.13. The zero-order valence-electron chi connectivity index (χ0n) is 14.6. The second-order valence-corrected chi connectivity index (χ2v) is 5.79. The molecule has 0 aromatic heterocycles. The van der Waals surface area contributed by atoms with E-state index in [-0.39, 0.29) is 18.6 Å². The maximum absolute atomic E-state index is 12.0. The van der Waals surface area contributed by atoms with E-state index in [2.05, 4.69) is 5.32 Å². The summed E-state index contributed by atoms with van der Waals surface area (Å²) in [6.45, 7) is 3.73. The quantitative estimate of drug-likeness (QED) is 0.617. The average Bonchev–Trinajstić information content (AvgIpc) is 2.64. The molecule has 0 aliphatic rings. The van der Waals surface area contributed by atoms with Crippen LogP contribution in [0.1, 0.15) is 36.1 Å². The first kappa shape index (κ1) is 18.5. The molecule has 1 atom stereocenters. The van der Waals surface area contributed by atoms with Gasteiger partial charge in [0.2, 0.25) is 0 Å². The Morgan fingerprint density at radius 1 is 1.08 bits per heavy atom. The molecule has 130 valence electrons. The van der Waals surface area contributed by atoms with Crippen LogP contribution in [-0.2, 0) is 14.3 Å². The molecule has 25 heavy (non-hydrogen) atoms. The van der Waals surface area contributed by atoms with Gasteiger partial charge >= 0.3 is 5.97 Å². The smallest absolute Gasteiger partial charge is 0.331 e. The van der Waals surface area contributed by atoms with Crippen molar-refractivity contribution in [2.75, 3.05) is 6.61 Å². The zero-order chi connectivity index (χ0) is 18.1. The van der Waals surface area contributed by atoms with E-state index in [0.29, 0.717) is 0 Å². The molecule has 0 saturated heterocycles. The highest BCUT2D eigenvalue weighted by Crippen LogP contribution is 2.16. The van der Waals surface area contributed by atoms with Crippen LogP contribution in [0, 0.1) is 6.92 Å². The van der Waals surface area contributed by atoms with Gasteiger partial charge < -0.3 is 10.1 Å². The molecule has 0 unspecified atom stereocenters. The largest absolute Gasteiger partial charge is 0.452 e. The summed E-state index contributed by atoms with van der Waals surface area (Å²) in [7, 11) is 0. The van der Waals surface area contributed by atoms with Crippen LogP contribution in [0.3, 0.4) is 0 Å². The van der Waals surface area contributed by atoms with Crippen LogP contribution in [0.4, 0.5) is 0 Å². The lowest BCUT2D eigenvalue weighted by molar-refractivity contribution is -0.144. The molecule has 1 N–H and O–H groups in total. The summed E-state index contributed by atoms with van der Waals surface area (Å²) in [5, 5.41) is 2.89. The average molecular weight is 337 g/mol. The Hall–Kier alpha value is -2.88. The highest BCUT2D eigenvalue weighted by atomic mass is 16.5. The number of esters is 1. The number of aryl methyl sites for hydroxylation is 1. The van der Waals surface area contributed by atoms with Crippen LogP contribution in [-0.4, -0.2) is 18.5 Å². The lowest BCUT2D eigenvalue weighted by Gasteiger charge is -2.17. The Morgan fingerprint density at radius 2 is 1.76 bits per heavy atom. The molecule has 0 bridgehead atoms. The van der Waals surface area contributed by atoms with Crippen LogP contribution in [0.15, 0.2) is 60.7 Å². The molecule has 2 rings (SSSR count). The van der Waals surface area contributed by atoms with Crippen LogP contribution in [0.5, 0.6) is 0 Å². The van der Waals surface area contributed by atoms with E-state index in [9.17, 15) is 9.59 Å². The zero-order valence-corrected chi connectivity index (χ0v) is 14.6. The van der Waals surface area contributed by atoms with Crippen molar-refractivity contribution >= 4 is 18.0 Å². The molecule has 1 amide bonds. The van der Waals surface area contributed by atoms with Crippen molar-refractivity contribution in [3.05, 3.63) is 77.4 Å². The minimum absolute atomic E-state index is 0.0911. The first-order chi connectivity index (χ1) is 12.1. The van der Waals surface area contributed by atoms with Gasteiger partial charge in [0.25, 0.3) is 5.91 Å². The molecule has 0 saturated carbocycles. The monoisotopic (exact) mass is 337 g/mol. The minimum atomic E-state index is -0.539. The number of amides is 1. The van der Waals surface area contributed by atoms with Crippen molar-refractivity contribution in [2.45, 2.75) is 26.3 Å². The molecule has 0 radical (unpaired) electrons. The number of rotatable bonds is 7. The first-order valence-electron chi connectivity index (χ1n) is 8.34. The summed E-state index contributed by atoms with van der Waals surface area (Å²) in [6.07, 6.45) is 3.73. The second kappa shape index (κ2) is 9.42. The molecule has 0 aliphatic heterocycles. The van der Waals surface area contributed by atoms with Gasteiger partial charge in [-0.05, 0) is 30.5 Å². The molecule has 0 heterocycles. The fourth-order valence-corrected chi connectivity index (χ4v) is 2.37. The molecule has 0 fully saturated rings. The summed E-state index contributed by atoms with van der Waals surface area (Å²) in [5.74, 6) is -0.851. The fraction of sp³-hybridized carbons (Fsp3) is 0.238. The van der Waals surface area contributed by atoms with Gasteiger partial charge in [0.15, 0.2) is 6.61 Å². The van der Waals surface area contributed by atoms with Crippen LogP contribution in [0.25, 0.3) is 6.08 Å². The van der Waals surface area contributed by atoms with Crippen molar-refractivity contribution in [1.82, 2.24) is 5.32 Å². The van der Waals surface area contributed by atoms with Crippen molar-refractivity contribution < 1.29 is 14.3 Å². The maximum atomic E-state index is 12.0. The third-order valence-electron chi connectivity index (χ3n) is 3.78. The van der Waals surface area contributed by atoms with E-state index >= 15 is 0 Å². The van der Waals surface area contributed by atoms with Gasteiger partial charge in [-0.2, -0.15) is 0 Å². The number of nitrogens with one attached hydrogen (secondary N) is 1. The molecular weight excluding hydrogens is 314 g/mol. The lowest BCUT2D eigenvalue weighted by atomic mass is 10.0. The molecule has 0 spiro atoms. The number of carbonyl (C=O) groups is 2. The minimum Gasteiger partial charge on any atom is -0.452 e. The Kier molecular flexibility index (Phi) is 6.96. The van der Waals surface area contributed by atoms with Crippen molar-refractivity contribution in [2.24, 2.45) is 0 Å². The Bertz CT molecular complexity index is 721. The summed E-state index contributed by atoms with van der Waals surface area (Å²) in [4.78, 5) is 23.7. The fourth-order valence-electron chi connectivity index (χ4n) is 2.37. The third-order valence-corrected chi connectivity index (χ3v) is 3.78. The van der Waals surface area contributed by atoms with E-state index in [1.54, 1.807) is 6.08 Å². The van der Waals surface area contributed by atoms with Gasteiger partial charge in [-0.3, -0.25) is 4.79 Å². The first-order valence-corrected chi connectivity index (χ1v) is 8.34. The number of ether oxygens (including phenoxy) is 1. The molecule has 4 nitrogen and oxygen atoms in total. The van der Waals surface area contributed by atoms with E-state index in [4.69, 9.17) is 4.74 Å². The SMILES string of the molecule is CC[C@H](NC(=O)COC(=O)/C=C/c1ccccc1)c1ccc(C)cc1. The predicted octanol–water partition coefficient (Wildman–Crippen LogP) is 3.82. The number of hydrogen-bond acceptors (Lipinski definition) is 3. The Labute approximate surface area is 148 Å². The van der Waals surface area contributed by atoms with Crippen LogP contribution in [0.2, 0.25) is 0 Å². The third kappa shape index (κ3) is 6.26. The predicted molar refractivity (Wildman–Crippen MR) is 98.8 cm³/mol. The van der Waals surface area contributed by atoms with Crippen LogP contribution < -0.4 is 5.32 Å². The standard InChI is InChI=1S/C21H23NO3/c1-3-19(18-12-9-16(2)10-13-18)22-20(23)15-25-21(24)14-11-17-7-5-4-6-8-17/h4-14,19H,3,15H2,1-2H3,(H,22,23)/b14-11+/t19-/m0/s1. The Balaban J connectivity index is 1.81. The van der Waals surface area contributed by atoms with E-state index in [1.165, 1.54) is 11.6 Å². The summed E-state index contributed by atoms with van der Waals surface area (Å²) in [6, 6.07) is 17.4. The topological polar surface area (TPSA) is 55.4 Å². The van der Waals surface area contributed by atoms with E-state index < -0.39 is 5.97 Å². The Morgan fingerprint density at radius 3 is 2.40 bits per heavy atom. The second-order valence-electron chi connectivity index (χ2n) is 5.79. The van der Waals surface area contributed by atoms with Gasteiger partial charge in [0.1, 0.15) is 0 Å². The van der Waals surface area contributed by atoms with Crippen LogP contribution >= 0.6 is 0 Å². The summed E-state index contributed by atoms with van der Waals surface area (Å²) < 4.78 is 4.99. The molecular formula is C21H23NO3. The van der Waals surface area contributed by atoms with E-state index in [1.807, 2.05) is 68.4 Å². The summed E-state index contributed by atoms with van der Waals surface area (Å²) >= 11 is 0. The maximum Gasteiger partial charge on any atom is 0.331 e. The highest BCUT2D eigenvalue weighted by molar-refractivity contribution is 5.89. The molecule has 2 aromatic carbocycles. The summed E-state index contributed by atoms with van der Waals surface area (Å²) in [5.41, 5.74) is 3.11. The normalized spacial score (nSPS) is 11.9. The van der Waals surface area contributed by atoms with E-state index in [0.717, 1.165) is 17.5 Å². The number of benzene rings is 2. The molecule has 2 aromatic rings. The lowest BCUT2D eigenvalue weighted by Crippen LogP contribution is -2.32. The van der Waals surface area contributed by atoms with Crippen molar-refractivity contribution in [1.29, 1.82) is 0 Å². The van der Waals surface area contributed by atoms with Crippen molar-refractivity contribution in [3.63, 3.8) is 0 Å². The van der Waals surface area contributed by atoms with Gasteiger partial charge in [0, 0.05) is 6.08 Å². The van der Waals surface area contributed by atoms with Gasteiger partial charge in [-0.15, -0.1) is 0 Å². The van der Waals surface area contributed by atoms with Gasteiger partial charge in [-0.25, -0.2) is 4.79 Å². The molecule has 4 heteroatoms. The molecule has 0 aliphatic carbocycles. The van der Waals surface area contributed by atoms with Crippen molar-refractivity contribution in [3.8, 4) is 0 Å². The number of hydrogen-bond donors (Lipinski definition) is 1. The van der Waals surface area contributed by atoms with Gasteiger partial charge in [-0.1, -0.05) is 67.1 Å². The number of carbonyl (C=O) groups excluding carboxylic acids is 2.